The molecule has 3 heterocycles. The zero-order valence-corrected chi connectivity index (χ0v) is 14.2. The number of rotatable bonds is 2. The van der Waals surface area contributed by atoms with E-state index in [2.05, 4.69) is 14.9 Å². The molecule has 1 unspecified atom stereocenters. The average Bonchev–Trinajstić information content (AvgIpc) is 3.16. The first-order valence-electron chi connectivity index (χ1n) is 8.24. The van der Waals surface area contributed by atoms with E-state index >= 15 is 0 Å². The predicted molar refractivity (Wildman–Crippen MR) is 90.7 cm³/mol. The number of hydrogen-bond donors (Lipinski definition) is 1. The lowest BCUT2D eigenvalue weighted by atomic mass is 9.84. The maximum atomic E-state index is 13.5. The lowest BCUT2D eigenvalue weighted by Gasteiger charge is -2.39. The molecule has 2 aliphatic rings. The van der Waals surface area contributed by atoms with Crippen molar-refractivity contribution in [3.63, 3.8) is 0 Å². The van der Waals surface area contributed by atoms with E-state index in [4.69, 9.17) is 0 Å². The predicted octanol–water partition coefficient (Wildman–Crippen LogP) is 3.93. The second-order valence-electron chi connectivity index (χ2n) is 6.68. The molecule has 3 atom stereocenters. The van der Waals surface area contributed by atoms with Crippen LogP contribution < -0.4 is 5.32 Å². The number of fused-ring (bicyclic) bond motifs is 2. The van der Waals surface area contributed by atoms with Crippen LogP contribution in [-0.4, -0.2) is 32.6 Å². The summed E-state index contributed by atoms with van der Waals surface area (Å²) in [6.07, 6.45) is 5.52. The summed E-state index contributed by atoms with van der Waals surface area (Å²) in [7, 11) is 0. The Morgan fingerprint density at radius 1 is 1.33 bits per heavy atom. The van der Waals surface area contributed by atoms with Gasteiger partial charge in [-0.05, 0) is 55.7 Å². The largest absolute Gasteiger partial charge is 0.323 e. The molecule has 5 nitrogen and oxygen atoms in total. The second kappa shape index (κ2) is 6.12. The van der Waals surface area contributed by atoms with Gasteiger partial charge in [-0.25, -0.2) is 9.18 Å². The number of halogens is 1. The van der Waals surface area contributed by atoms with Gasteiger partial charge in [0, 0.05) is 23.6 Å². The second-order valence-corrected chi connectivity index (χ2v) is 7.47. The van der Waals surface area contributed by atoms with Crippen molar-refractivity contribution in [2.45, 2.75) is 50.6 Å². The summed E-state index contributed by atoms with van der Waals surface area (Å²) in [5.41, 5.74) is 1.88. The van der Waals surface area contributed by atoms with Gasteiger partial charge in [0.2, 0.25) is 0 Å². The molecule has 2 amide bonds. The van der Waals surface area contributed by atoms with Gasteiger partial charge in [0.25, 0.3) is 0 Å². The van der Waals surface area contributed by atoms with Crippen LogP contribution >= 0.6 is 11.5 Å². The number of benzene rings is 1. The fourth-order valence-electron chi connectivity index (χ4n) is 4.09. The first-order chi connectivity index (χ1) is 11.6. The van der Waals surface area contributed by atoms with E-state index in [1.165, 1.54) is 17.1 Å². The van der Waals surface area contributed by atoms with E-state index < -0.39 is 0 Å². The van der Waals surface area contributed by atoms with Crippen LogP contribution in [0.4, 0.5) is 14.2 Å². The third kappa shape index (κ3) is 2.77. The minimum absolute atomic E-state index is 0.0534. The third-order valence-electron chi connectivity index (χ3n) is 5.21. The fourth-order valence-corrected chi connectivity index (χ4v) is 4.50. The Kier molecular flexibility index (Phi) is 3.96. The van der Waals surface area contributed by atoms with E-state index in [1.54, 1.807) is 19.2 Å². The Morgan fingerprint density at radius 3 is 2.71 bits per heavy atom. The van der Waals surface area contributed by atoms with Gasteiger partial charge in [0.1, 0.15) is 10.8 Å². The topological polar surface area (TPSA) is 58.1 Å². The summed E-state index contributed by atoms with van der Waals surface area (Å²) in [5, 5.41) is 7.32. The summed E-state index contributed by atoms with van der Waals surface area (Å²) in [5.74, 6) is 0.243. The summed E-state index contributed by atoms with van der Waals surface area (Å²) in [6, 6.07) is 5.86. The minimum Gasteiger partial charge on any atom is -0.319 e. The lowest BCUT2D eigenvalue weighted by molar-refractivity contribution is 0.149. The highest BCUT2D eigenvalue weighted by Crippen LogP contribution is 2.43. The molecule has 0 radical (unpaired) electrons. The van der Waals surface area contributed by atoms with Crippen LogP contribution in [0.5, 0.6) is 0 Å². The third-order valence-corrected chi connectivity index (χ3v) is 5.79. The van der Waals surface area contributed by atoms with Gasteiger partial charge in [0.05, 0.1) is 6.20 Å². The molecule has 126 valence electrons. The van der Waals surface area contributed by atoms with E-state index in [1.807, 2.05) is 17.0 Å². The molecular weight excluding hydrogens is 327 g/mol. The van der Waals surface area contributed by atoms with Crippen LogP contribution in [-0.2, 0) is 0 Å². The highest BCUT2D eigenvalue weighted by atomic mass is 32.1. The summed E-state index contributed by atoms with van der Waals surface area (Å²) >= 11 is 1.18. The number of anilines is 1. The lowest BCUT2D eigenvalue weighted by Crippen LogP contribution is -2.47. The molecule has 4 rings (SSSR count). The van der Waals surface area contributed by atoms with Crippen LogP contribution in [0.2, 0.25) is 0 Å². The average molecular weight is 346 g/mol. The van der Waals surface area contributed by atoms with Gasteiger partial charge < -0.3 is 4.90 Å². The highest BCUT2D eigenvalue weighted by molar-refractivity contribution is 7.10. The van der Waals surface area contributed by atoms with Crippen LogP contribution in [0, 0.1) is 12.7 Å². The van der Waals surface area contributed by atoms with Crippen molar-refractivity contribution < 1.29 is 9.18 Å². The van der Waals surface area contributed by atoms with Gasteiger partial charge in [-0.3, -0.25) is 5.32 Å². The molecule has 1 N–H and O–H groups in total. The number of carbonyl (C=O) groups excluding carboxylic acids is 1. The normalized spacial score (nSPS) is 25.8. The Labute approximate surface area is 144 Å². The zero-order chi connectivity index (χ0) is 16.7. The zero-order valence-electron chi connectivity index (χ0n) is 13.4. The Hall–Kier alpha value is -2.02. The summed E-state index contributed by atoms with van der Waals surface area (Å²) in [4.78, 5) is 14.6. The molecular formula is C17H19FN4OS. The molecule has 7 heteroatoms. The van der Waals surface area contributed by atoms with Gasteiger partial charge in [-0.2, -0.15) is 0 Å². The number of aryl methyl sites for hydroxylation is 1. The molecule has 0 aliphatic carbocycles. The molecule has 2 aliphatic heterocycles. The first kappa shape index (κ1) is 15.5. The number of carbonyl (C=O) groups is 1. The summed E-state index contributed by atoms with van der Waals surface area (Å²) in [6.45, 7) is 1.80. The molecule has 2 saturated heterocycles. The number of hydrogen-bond acceptors (Lipinski definition) is 4. The fraction of sp³-hybridized carbons (Fsp3) is 0.471. The summed E-state index contributed by atoms with van der Waals surface area (Å²) < 4.78 is 17.3. The molecule has 1 aromatic carbocycles. The molecule has 0 saturated carbocycles. The molecule has 24 heavy (non-hydrogen) atoms. The van der Waals surface area contributed by atoms with Gasteiger partial charge in [0.15, 0.2) is 0 Å². The first-order valence-corrected chi connectivity index (χ1v) is 9.02. The standard InChI is InChI=1S/C17H19FN4OS/c1-10-6-11(2-5-15(10)18)12-7-13-3-4-14(8-12)22(13)17(23)20-16-9-19-21-24-16/h2,5-6,9,12-14H,3-4,7-8H2,1H3,(H,20,23)/t12?,13-,14+. The molecule has 1 aromatic heterocycles. The minimum atomic E-state index is -0.156. The van der Waals surface area contributed by atoms with Gasteiger partial charge in [-0.15, -0.1) is 5.10 Å². The number of piperidine rings is 1. The van der Waals surface area contributed by atoms with E-state index in [0.717, 1.165) is 25.7 Å². The Morgan fingerprint density at radius 2 is 2.08 bits per heavy atom. The number of urea groups is 1. The number of nitrogens with one attached hydrogen (secondary N) is 1. The van der Waals surface area contributed by atoms with Crippen LogP contribution in [0.25, 0.3) is 0 Å². The highest BCUT2D eigenvalue weighted by Gasteiger charge is 2.43. The van der Waals surface area contributed by atoms with Crippen LogP contribution in [0.15, 0.2) is 24.4 Å². The van der Waals surface area contributed by atoms with Crippen molar-refractivity contribution in [3.05, 3.63) is 41.3 Å². The van der Waals surface area contributed by atoms with Crippen molar-refractivity contribution in [1.29, 1.82) is 0 Å². The molecule has 2 aromatic rings. The number of aromatic nitrogens is 2. The van der Waals surface area contributed by atoms with Gasteiger partial charge >= 0.3 is 6.03 Å². The van der Waals surface area contributed by atoms with Crippen molar-refractivity contribution in [2.75, 3.05) is 5.32 Å². The monoisotopic (exact) mass is 346 g/mol. The van der Waals surface area contributed by atoms with Gasteiger partial charge in [-0.1, -0.05) is 16.6 Å². The molecule has 2 fully saturated rings. The smallest absolute Gasteiger partial charge is 0.319 e. The SMILES string of the molecule is Cc1cc(C2C[C@H]3CC[C@@H](C2)N3C(=O)Nc2cnns2)ccc1F. The quantitative estimate of drug-likeness (QED) is 0.896. The van der Waals surface area contributed by atoms with Crippen molar-refractivity contribution in [2.24, 2.45) is 0 Å². The van der Waals surface area contributed by atoms with E-state index in [-0.39, 0.29) is 23.9 Å². The van der Waals surface area contributed by atoms with Crippen molar-refractivity contribution >= 4 is 22.6 Å². The number of nitrogens with zero attached hydrogens (tertiary/aromatic N) is 3. The van der Waals surface area contributed by atoms with Crippen LogP contribution in [0.3, 0.4) is 0 Å². The van der Waals surface area contributed by atoms with Crippen LogP contribution in [0.1, 0.15) is 42.7 Å². The van der Waals surface area contributed by atoms with Crippen molar-refractivity contribution in [1.82, 2.24) is 14.5 Å². The molecule has 2 bridgehead atoms. The Balaban J connectivity index is 1.49. The van der Waals surface area contributed by atoms with Crippen molar-refractivity contribution in [3.8, 4) is 0 Å². The number of amides is 2. The maximum absolute atomic E-state index is 13.5. The maximum Gasteiger partial charge on any atom is 0.323 e. The Bertz CT molecular complexity index is 737. The van der Waals surface area contributed by atoms with E-state index in [9.17, 15) is 9.18 Å². The van der Waals surface area contributed by atoms with E-state index in [0.29, 0.717) is 16.5 Å². The molecule has 0 spiro atoms.